The quantitative estimate of drug-likeness (QED) is 0.559. The summed E-state index contributed by atoms with van der Waals surface area (Å²) >= 11 is 1.38. The molecule has 112 valence electrons. The van der Waals surface area contributed by atoms with Gasteiger partial charge >= 0.3 is 17.5 Å². The summed E-state index contributed by atoms with van der Waals surface area (Å²) in [5, 5.41) is 19.8. The van der Waals surface area contributed by atoms with Gasteiger partial charge in [-0.2, -0.15) is 8.97 Å². The van der Waals surface area contributed by atoms with Gasteiger partial charge in [-0.25, -0.2) is 4.79 Å². The van der Waals surface area contributed by atoms with Gasteiger partial charge in [-0.1, -0.05) is 0 Å². The Morgan fingerprint density at radius 1 is 1.45 bits per heavy atom. The van der Waals surface area contributed by atoms with E-state index < -0.39 is 5.97 Å². The lowest BCUT2D eigenvalue weighted by atomic mass is 10.2. The van der Waals surface area contributed by atoms with Gasteiger partial charge in [-0.05, 0) is 12.1 Å². The Bertz CT molecular complexity index is 883. The van der Waals surface area contributed by atoms with E-state index in [1.54, 1.807) is 17.9 Å². The van der Waals surface area contributed by atoms with Gasteiger partial charge < -0.3 is 10.2 Å². The van der Waals surface area contributed by atoms with Crippen LogP contribution in [0.4, 0.5) is 0 Å². The lowest BCUT2D eigenvalue weighted by Crippen LogP contribution is -2.34. The first-order chi connectivity index (χ1) is 10.5. The molecule has 0 saturated carbocycles. The van der Waals surface area contributed by atoms with Gasteiger partial charge in [-0.15, -0.1) is 11.3 Å². The molecule has 3 rings (SSSR count). The number of hydrogen-bond donors (Lipinski definition) is 2. The summed E-state index contributed by atoms with van der Waals surface area (Å²) in [5.74, 6) is -1.73. The third kappa shape index (κ3) is 2.13. The molecule has 0 spiro atoms. The van der Waals surface area contributed by atoms with Crippen molar-refractivity contribution >= 4 is 28.7 Å². The highest BCUT2D eigenvalue weighted by Crippen LogP contribution is 2.21. The fourth-order valence-corrected chi connectivity index (χ4v) is 2.99. The van der Waals surface area contributed by atoms with Crippen LogP contribution in [0.15, 0.2) is 30.0 Å². The van der Waals surface area contributed by atoms with Gasteiger partial charge in [0.1, 0.15) is 12.1 Å². The predicted octanol–water partition coefficient (Wildman–Crippen LogP) is 1.34. The number of thiazole rings is 1. The molecular weight excluding hydrogens is 306 g/mol. The second-order valence-corrected chi connectivity index (χ2v) is 5.67. The van der Waals surface area contributed by atoms with Crippen LogP contribution in [0.3, 0.4) is 0 Å². The van der Waals surface area contributed by atoms with Gasteiger partial charge in [0.15, 0.2) is 0 Å². The number of fused-ring (bicyclic) bond motifs is 1. The second-order valence-electron chi connectivity index (χ2n) is 4.70. The monoisotopic (exact) mass is 318 g/mol. The maximum Gasteiger partial charge on any atom is 0.344 e. The number of pyridine rings is 1. The lowest BCUT2D eigenvalue weighted by Gasteiger charge is -1.98. The number of aromatic nitrogens is 3. The molecule has 0 aliphatic rings. The number of hydrogen-bond acceptors (Lipinski definition) is 5. The van der Waals surface area contributed by atoms with Crippen molar-refractivity contribution in [3.05, 3.63) is 46.2 Å². The van der Waals surface area contributed by atoms with Crippen molar-refractivity contribution in [2.45, 2.75) is 13.5 Å². The molecule has 0 radical (unpaired) electrons. The number of nitrogens with zero attached hydrogens (tertiary/aromatic N) is 3. The Morgan fingerprint density at radius 3 is 2.82 bits per heavy atom. The number of carboxylic acid groups (broad SMARTS) is 1. The molecule has 0 aliphatic heterocycles. The predicted molar refractivity (Wildman–Crippen MR) is 77.4 cm³/mol. The van der Waals surface area contributed by atoms with Crippen LogP contribution in [0, 0.1) is 0 Å². The number of carbonyl (C=O) groups excluding carboxylic acids is 1. The Morgan fingerprint density at radius 2 is 2.23 bits per heavy atom. The Hall–Kier alpha value is -2.74. The van der Waals surface area contributed by atoms with E-state index in [-0.39, 0.29) is 35.1 Å². The Labute approximate surface area is 128 Å². The summed E-state index contributed by atoms with van der Waals surface area (Å²) in [4.78, 5) is 28.1. The van der Waals surface area contributed by atoms with Gasteiger partial charge in [0.05, 0.1) is 16.6 Å². The van der Waals surface area contributed by atoms with Crippen molar-refractivity contribution in [2.75, 3.05) is 0 Å². The van der Waals surface area contributed by atoms with Crippen LogP contribution in [0.1, 0.15) is 32.6 Å². The minimum atomic E-state index is -1.13. The normalized spacial score (nSPS) is 11.0. The number of Topliss-reactive ketones (excluding diaryl/α,β-unsaturated/α-hetero) is 1. The average molecular weight is 318 g/mol. The summed E-state index contributed by atoms with van der Waals surface area (Å²) < 4.78 is 2.82. The number of aromatic carboxylic acids is 1. The molecule has 0 amide bonds. The second kappa shape index (κ2) is 5.23. The summed E-state index contributed by atoms with van der Waals surface area (Å²) in [6.45, 7) is 1.56. The van der Waals surface area contributed by atoms with Crippen molar-refractivity contribution in [1.29, 1.82) is 0 Å². The molecule has 8 heteroatoms. The van der Waals surface area contributed by atoms with Crippen molar-refractivity contribution in [1.82, 2.24) is 9.38 Å². The van der Waals surface area contributed by atoms with E-state index in [1.165, 1.54) is 39.4 Å². The zero-order chi connectivity index (χ0) is 15.9. The molecular formula is C14H12N3O4S+. The summed E-state index contributed by atoms with van der Waals surface area (Å²) in [7, 11) is 0. The molecule has 0 fully saturated rings. The lowest BCUT2D eigenvalue weighted by molar-refractivity contribution is -0.667. The number of ketones is 1. The van der Waals surface area contributed by atoms with E-state index in [0.29, 0.717) is 0 Å². The van der Waals surface area contributed by atoms with E-state index in [0.717, 1.165) is 4.88 Å². The minimum Gasteiger partial charge on any atom is -0.477 e. The molecule has 3 aromatic heterocycles. The van der Waals surface area contributed by atoms with Crippen LogP contribution in [0.25, 0.3) is 5.65 Å². The highest BCUT2D eigenvalue weighted by Gasteiger charge is 2.32. The van der Waals surface area contributed by atoms with E-state index in [2.05, 4.69) is 4.98 Å². The smallest absolute Gasteiger partial charge is 0.344 e. The zero-order valence-electron chi connectivity index (χ0n) is 11.6. The van der Waals surface area contributed by atoms with Crippen LogP contribution in [0.2, 0.25) is 0 Å². The molecule has 0 atom stereocenters. The zero-order valence-corrected chi connectivity index (χ0v) is 12.4. The number of carbonyl (C=O) groups is 2. The third-order valence-electron chi connectivity index (χ3n) is 3.29. The number of imidazole rings is 1. The highest BCUT2D eigenvalue weighted by molar-refractivity contribution is 7.09. The molecule has 0 unspecified atom stereocenters. The summed E-state index contributed by atoms with van der Waals surface area (Å²) in [5.41, 5.74) is 1.97. The van der Waals surface area contributed by atoms with Gasteiger partial charge in [0, 0.05) is 13.1 Å². The van der Waals surface area contributed by atoms with Crippen LogP contribution < -0.4 is 4.57 Å². The van der Waals surface area contributed by atoms with Crippen molar-refractivity contribution in [3.63, 3.8) is 0 Å². The summed E-state index contributed by atoms with van der Waals surface area (Å²) in [6.07, 6.45) is 3.19. The maximum atomic E-state index is 11.8. The SMILES string of the molecule is CC(=O)c1c(O)[n+](Cc2cncs2)c2c(C(=O)O)cccn12. The van der Waals surface area contributed by atoms with Crippen LogP contribution in [0.5, 0.6) is 5.88 Å². The average Bonchev–Trinajstić information content (AvgIpc) is 3.06. The minimum absolute atomic E-state index is 0.00909. The maximum absolute atomic E-state index is 11.8. The number of carboxylic acids is 1. The Kier molecular flexibility index (Phi) is 3.38. The topological polar surface area (TPSA) is 95.8 Å². The van der Waals surface area contributed by atoms with E-state index in [1.807, 2.05) is 0 Å². The molecule has 0 aliphatic carbocycles. The molecule has 3 aromatic rings. The first-order valence-corrected chi connectivity index (χ1v) is 7.26. The van der Waals surface area contributed by atoms with Crippen molar-refractivity contribution in [2.24, 2.45) is 0 Å². The molecule has 0 saturated heterocycles. The van der Waals surface area contributed by atoms with Gasteiger partial charge in [0.25, 0.3) is 5.69 Å². The van der Waals surface area contributed by atoms with E-state index in [4.69, 9.17) is 0 Å². The Balaban J connectivity index is 2.35. The molecule has 7 nitrogen and oxygen atoms in total. The molecule has 22 heavy (non-hydrogen) atoms. The number of rotatable bonds is 4. The van der Waals surface area contributed by atoms with Crippen LogP contribution in [-0.4, -0.2) is 31.4 Å². The van der Waals surface area contributed by atoms with E-state index in [9.17, 15) is 19.8 Å². The molecule has 2 N–H and O–H groups in total. The molecule has 3 heterocycles. The fraction of sp³-hybridized carbons (Fsp3) is 0.143. The van der Waals surface area contributed by atoms with E-state index >= 15 is 0 Å². The van der Waals surface area contributed by atoms with Crippen molar-refractivity contribution in [3.8, 4) is 5.88 Å². The first-order valence-electron chi connectivity index (χ1n) is 6.38. The van der Waals surface area contributed by atoms with Gasteiger partial charge in [-0.3, -0.25) is 9.78 Å². The van der Waals surface area contributed by atoms with Gasteiger partial charge in [0.2, 0.25) is 5.78 Å². The molecule has 0 aromatic carbocycles. The standard InChI is InChI=1S/C14H11N3O4S/c1-8(18)11-13(19)17(6-9-5-15-7-22-9)12-10(14(20)21)3-2-4-16(11)12/h2-5,7H,6H2,1H3,(H-,18,19,20,21)/p+1. The fourth-order valence-electron chi connectivity index (χ4n) is 2.41. The largest absolute Gasteiger partial charge is 0.477 e. The number of aromatic hydroxyl groups is 1. The molecule has 0 bridgehead atoms. The summed E-state index contributed by atoms with van der Waals surface area (Å²) in [6, 6.07) is 2.96. The highest BCUT2D eigenvalue weighted by atomic mass is 32.1. The van der Waals surface area contributed by atoms with Crippen LogP contribution in [-0.2, 0) is 6.54 Å². The van der Waals surface area contributed by atoms with Crippen molar-refractivity contribution < 1.29 is 24.4 Å². The van der Waals surface area contributed by atoms with Crippen LogP contribution >= 0.6 is 11.3 Å². The third-order valence-corrected chi connectivity index (χ3v) is 4.06. The first kappa shape index (κ1) is 14.2.